The van der Waals surface area contributed by atoms with Gasteiger partial charge in [-0.05, 0) is 50.1 Å². The van der Waals surface area contributed by atoms with Gasteiger partial charge in [-0.3, -0.25) is 4.90 Å². The third kappa shape index (κ3) is 3.25. The fourth-order valence-corrected chi connectivity index (χ4v) is 3.08. The van der Waals surface area contributed by atoms with Crippen LogP contribution in [0.1, 0.15) is 36.0 Å². The minimum absolute atomic E-state index is 0.456. The lowest BCUT2D eigenvalue weighted by atomic mass is 10.1. The summed E-state index contributed by atoms with van der Waals surface area (Å²) in [4.78, 5) is 17.7. The van der Waals surface area contributed by atoms with Crippen molar-refractivity contribution < 1.29 is 0 Å². The van der Waals surface area contributed by atoms with Gasteiger partial charge in [0.1, 0.15) is 11.6 Å². The van der Waals surface area contributed by atoms with E-state index in [0.29, 0.717) is 6.04 Å². The minimum Gasteiger partial charge on any atom is -0.363 e. The highest BCUT2D eigenvalue weighted by Gasteiger charge is 2.26. The number of rotatable bonds is 4. The van der Waals surface area contributed by atoms with Gasteiger partial charge in [-0.1, -0.05) is 0 Å². The van der Waals surface area contributed by atoms with Gasteiger partial charge in [-0.15, -0.1) is 0 Å². The molecular formula is C17H23N5. The number of anilines is 1. The monoisotopic (exact) mass is 297 g/mol. The van der Waals surface area contributed by atoms with Crippen LogP contribution in [0.25, 0.3) is 0 Å². The van der Waals surface area contributed by atoms with Crippen LogP contribution in [0, 0.1) is 6.92 Å². The highest BCUT2D eigenvalue weighted by molar-refractivity contribution is 5.40. The summed E-state index contributed by atoms with van der Waals surface area (Å²) in [7, 11) is 4.06. The van der Waals surface area contributed by atoms with E-state index >= 15 is 0 Å². The molecule has 22 heavy (non-hydrogen) atoms. The zero-order valence-electron chi connectivity index (χ0n) is 13.5. The van der Waals surface area contributed by atoms with Gasteiger partial charge < -0.3 is 4.90 Å². The first-order chi connectivity index (χ1) is 10.6. The zero-order chi connectivity index (χ0) is 15.5. The Balaban J connectivity index is 1.79. The smallest absolute Gasteiger partial charge is 0.128 e. The van der Waals surface area contributed by atoms with E-state index in [2.05, 4.69) is 36.9 Å². The molecule has 3 rings (SSSR count). The summed E-state index contributed by atoms with van der Waals surface area (Å²) in [5.74, 6) is 1.86. The standard InChI is InChI=1S/C17H23N5/c1-13-18-9-7-15(20-13)12-22-10-4-5-16(22)14-6-8-19-17(11-14)21(2)3/h6-9,11,16H,4-5,10,12H2,1-3H3/t16-/m1/s1. The molecule has 0 aromatic carbocycles. The van der Waals surface area contributed by atoms with Crippen LogP contribution >= 0.6 is 0 Å². The maximum Gasteiger partial charge on any atom is 0.128 e. The summed E-state index contributed by atoms with van der Waals surface area (Å²) >= 11 is 0. The lowest BCUT2D eigenvalue weighted by Gasteiger charge is -2.25. The van der Waals surface area contributed by atoms with E-state index < -0.39 is 0 Å². The second-order valence-electron chi connectivity index (χ2n) is 6.07. The highest BCUT2D eigenvalue weighted by atomic mass is 15.2. The molecule has 1 fully saturated rings. The van der Waals surface area contributed by atoms with Crippen LogP contribution in [-0.2, 0) is 6.54 Å². The SMILES string of the molecule is Cc1nccc(CN2CCC[C@@H]2c2ccnc(N(C)C)c2)n1. The second kappa shape index (κ2) is 6.40. The van der Waals surface area contributed by atoms with Crippen molar-refractivity contribution in [3.05, 3.63) is 47.7 Å². The number of pyridine rings is 1. The van der Waals surface area contributed by atoms with Crippen LogP contribution in [-0.4, -0.2) is 40.5 Å². The van der Waals surface area contributed by atoms with Crippen LogP contribution in [0.2, 0.25) is 0 Å². The molecule has 1 aliphatic rings. The summed E-state index contributed by atoms with van der Waals surface area (Å²) in [6.07, 6.45) is 6.19. The maximum atomic E-state index is 4.54. The van der Waals surface area contributed by atoms with Crippen molar-refractivity contribution in [2.75, 3.05) is 25.5 Å². The Morgan fingerprint density at radius 2 is 2.05 bits per heavy atom. The van der Waals surface area contributed by atoms with Gasteiger partial charge >= 0.3 is 0 Å². The molecule has 0 saturated carbocycles. The number of nitrogens with zero attached hydrogens (tertiary/aromatic N) is 5. The number of aryl methyl sites for hydroxylation is 1. The summed E-state index contributed by atoms with van der Waals surface area (Å²) in [5, 5.41) is 0. The summed E-state index contributed by atoms with van der Waals surface area (Å²) < 4.78 is 0. The number of hydrogen-bond donors (Lipinski definition) is 0. The van der Waals surface area contributed by atoms with E-state index in [0.717, 1.165) is 30.4 Å². The lowest BCUT2D eigenvalue weighted by molar-refractivity contribution is 0.245. The Morgan fingerprint density at radius 1 is 1.23 bits per heavy atom. The molecule has 0 unspecified atom stereocenters. The van der Waals surface area contributed by atoms with E-state index in [-0.39, 0.29) is 0 Å². The van der Waals surface area contributed by atoms with Crippen molar-refractivity contribution in [3.8, 4) is 0 Å². The molecule has 116 valence electrons. The molecule has 5 heteroatoms. The van der Waals surface area contributed by atoms with Crippen molar-refractivity contribution in [1.29, 1.82) is 0 Å². The van der Waals surface area contributed by atoms with Gasteiger partial charge in [0.25, 0.3) is 0 Å². The first-order valence-corrected chi connectivity index (χ1v) is 7.79. The topological polar surface area (TPSA) is 45.2 Å². The fraction of sp³-hybridized carbons (Fsp3) is 0.471. The first-order valence-electron chi connectivity index (χ1n) is 7.79. The third-order valence-electron chi connectivity index (χ3n) is 4.17. The molecule has 2 aromatic rings. The predicted molar refractivity (Wildman–Crippen MR) is 87.7 cm³/mol. The van der Waals surface area contributed by atoms with E-state index in [1.165, 1.54) is 18.4 Å². The Bertz CT molecular complexity index is 640. The van der Waals surface area contributed by atoms with Gasteiger partial charge in [0.15, 0.2) is 0 Å². The molecule has 0 N–H and O–H groups in total. The Morgan fingerprint density at radius 3 is 2.82 bits per heavy atom. The van der Waals surface area contributed by atoms with E-state index in [1.54, 1.807) is 0 Å². The quantitative estimate of drug-likeness (QED) is 0.868. The van der Waals surface area contributed by atoms with Crippen molar-refractivity contribution in [2.45, 2.75) is 32.4 Å². The summed E-state index contributed by atoms with van der Waals surface area (Å²) in [5.41, 5.74) is 2.45. The fourth-order valence-electron chi connectivity index (χ4n) is 3.08. The second-order valence-corrected chi connectivity index (χ2v) is 6.07. The molecular weight excluding hydrogens is 274 g/mol. The number of aromatic nitrogens is 3. The molecule has 0 amide bonds. The molecule has 1 atom stereocenters. The molecule has 0 spiro atoms. The lowest BCUT2D eigenvalue weighted by Crippen LogP contribution is -2.24. The normalized spacial score (nSPS) is 18.6. The zero-order valence-corrected chi connectivity index (χ0v) is 13.5. The Hall–Kier alpha value is -2.01. The largest absolute Gasteiger partial charge is 0.363 e. The molecule has 0 radical (unpaired) electrons. The van der Waals surface area contributed by atoms with Crippen LogP contribution in [0.4, 0.5) is 5.82 Å². The molecule has 2 aromatic heterocycles. The molecule has 5 nitrogen and oxygen atoms in total. The predicted octanol–water partition coefficient (Wildman–Crippen LogP) is 2.58. The summed E-state index contributed by atoms with van der Waals surface area (Å²) in [6.45, 7) is 3.94. The molecule has 1 saturated heterocycles. The maximum absolute atomic E-state index is 4.54. The van der Waals surface area contributed by atoms with Gasteiger partial charge in [0.2, 0.25) is 0 Å². The van der Waals surface area contributed by atoms with Crippen LogP contribution < -0.4 is 4.90 Å². The van der Waals surface area contributed by atoms with Crippen molar-refractivity contribution in [1.82, 2.24) is 19.9 Å². The molecule has 1 aliphatic heterocycles. The number of hydrogen-bond acceptors (Lipinski definition) is 5. The average molecular weight is 297 g/mol. The van der Waals surface area contributed by atoms with Crippen molar-refractivity contribution in [2.24, 2.45) is 0 Å². The van der Waals surface area contributed by atoms with Crippen LogP contribution in [0.5, 0.6) is 0 Å². The van der Waals surface area contributed by atoms with Crippen LogP contribution in [0.15, 0.2) is 30.6 Å². The van der Waals surface area contributed by atoms with E-state index in [9.17, 15) is 0 Å². The minimum atomic E-state index is 0.456. The average Bonchev–Trinajstić information content (AvgIpc) is 2.95. The van der Waals surface area contributed by atoms with Crippen molar-refractivity contribution in [3.63, 3.8) is 0 Å². The Kier molecular flexibility index (Phi) is 4.34. The van der Waals surface area contributed by atoms with Gasteiger partial charge in [-0.25, -0.2) is 15.0 Å². The Labute approximate surface area is 132 Å². The highest BCUT2D eigenvalue weighted by Crippen LogP contribution is 2.33. The van der Waals surface area contributed by atoms with Crippen LogP contribution in [0.3, 0.4) is 0 Å². The van der Waals surface area contributed by atoms with Crippen molar-refractivity contribution >= 4 is 5.82 Å². The van der Waals surface area contributed by atoms with E-state index in [4.69, 9.17) is 0 Å². The molecule has 0 aliphatic carbocycles. The van der Waals surface area contributed by atoms with Gasteiger partial charge in [-0.2, -0.15) is 0 Å². The third-order valence-corrected chi connectivity index (χ3v) is 4.17. The number of likely N-dealkylation sites (tertiary alicyclic amines) is 1. The van der Waals surface area contributed by atoms with Gasteiger partial charge in [0.05, 0.1) is 5.69 Å². The first kappa shape index (κ1) is 14.9. The van der Waals surface area contributed by atoms with E-state index in [1.807, 2.05) is 39.5 Å². The molecule has 0 bridgehead atoms. The summed E-state index contributed by atoms with van der Waals surface area (Å²) in [6, 6.07) is 6.81. The van der Waals surface area contributed by atoms with Gasteiger partial charge in [0, 0.05) is 39.1 Å². The molecule has 3 heterocycles.